The summed E-state index contributed by atoms with van der Waals surface area (Å²) in [5.74, 6) is -0.651. The first-order valence-corrected chi connectivity index (χ1v) is 22.5. The molecule has 0 unspecified atom stereocenters. The Labute approximate surface area is 380 Å². The van der Waals surface area contributed by atoms with Crippen LogP contribution in [-0.4, -0.2) is 240 Å². The van der Waals surface area contributed by atoms with Gasteiger partial charge in [-0.3, -0.25) is 4.79 Å². The molecule has 0 radical (unpaired) electrons. The highest BCUT2D eigenvalue weighted by atomic mass is 16.4. The van der Waals surface area contributed by atoms with E-state index in [0.29, 0.717) is 6.42 Å². The third-order valence-corrected chi connectivity index (χ3v) is 9.09. The molecule has 0 bridgehead atoms. The molecule has 0 amide bonds. The topological polar surface area (TPSA) is 442 Å². The quantitative estimate of drug-likeness (QED) is 0.0272. The smallest absolute Gasteiger partial charge is 0.303 e. The van der Waals surface area contributed by atoms with Crippen LogP contribution in [0.3, 0.4) is 0 Å². The lowest BCUT2D eigenvalue weighted by Crippen LogP contribution is -2.31. The van der Waals surface area contributed by atoms with Crippen LogP contribution in [0.5, 0.6) is 0 Å². The SMILES string of the molecule is CCCCCCCCCCCCCCCCCCCCCC(=O)O.OC[C@@H](O)[C@@H](O)CO.OC[C@@H](O)[C@@H](O)CO.OC[C@@H](O)[C@@H](O)CO.OC[C@@H](O)[C@@H](O)CO.OC[C@@H](O)[C@@H](O)CO. The van der Waals surface area contributed by atoms with E-state index >= 15 is 0 Å². The molecule has 0 rings (SSSR count). The number of hydrogen-bond donors (Lipinski definition) is 21. The van der Waals surface area contributed by atoms with Gasteiger partial charge in [-0.2, -0.15) is 0 Å². The maximum absolute atomic E-state index is 10.4. The number of carboxylic acid groups (broad SMARTS) is 1. The Kier molecular flexibility index (Phi) is 69.2. The highest BCUT2D eigenvalue weighted by Gasteiger charge is 2.15. The number of aliphatic hydroxyl groups excluding tert-OH is 20. The van der Waals surface area contributed by atoms with Crippen LogP contribution in [-0.2, 0) is 4.79 Å². The van der Waals surface area contributed by atoms with Crippen LogP contribution >= 0.6 is 0 Å². The Morgan fingerprint density at radius 2 is 0.391 bits per heavy atom. The van der Waals surface area contributed by atoms with Gasteiger partial charge in [-0.25, -0.2) is 0 Å². The van der Waals surface area contributed by atoms with Gasteiger partial charge in [0, 0.05) is 6.42 Å². The van der Waals surface area contributed by atoms with Gasteiger partial charge in [0.2, 0.25) is 0 Å². The van der Waals surface area contributed by atoms with Crippen molar-refractivity contribution >= 4 is 5.97 Å². The Balaban J connectivity index is -0.000000174. The van der Waals surface area contributed by atoms with Crippen molar-refractivity contribution in [2.24, 2.45) is 0 Å². The average Bonchev–Trinajstić information content (AvgIpc) is 3.32. The lowest BCUT2D eigenvalue weighted by Gasteiger charge is -2.10. The van der Waals surface area contributed by atoms with Crippen molar-refractivity contribution in [1.82, 2.24) is 0 Å². The second-order valence-corrected chi connectivity index (χ2v) is 15.0. The molecule has 0 heterocycles. The Morgan fingerprint density at radius 3 is 0.500 bits per heavy atom. The third-order valence-electron chi connectivity index (χ3n) is 9.09. The Morgan fingerprint density at radius 1 is 0.266 bits per heavy atom. The summed E-state index contributed by atoms with van der Waals surface area (Å²) in [6, 6.07) is 0. The van der Waals surface area contributed by atoms with Crippen LogP contribution in [0.1, 0.15) is 135 Å². The van der Waals surface area contributed by atoms with Gasteiger partial charge in [0.1, 0.15) is 61.0 Å². The summed E-state index contributed by atoms with van der Waals surface area (Å²) in [5, 5.41) is 174. The zero-order valence-electron chi connectivity index (χ0n) is 38.3. The van der Waals surface area contributed by atoms with Gasteiger partial charge in [0.15, 0.2) is 0 Å². The van der Waals surface area contributed by atoms with Crippen molar-refractivity contribution < 1.29 is 112 Å². The number of unbranched alkanes of at least 4 members (excludes halogenated alkanes) is 18. The van der Waals surface area contributed by atoms with Crippen LogP contribution in [0.2, 0.25) is 0 Å². The monoisotopic (exact) mass is 951 g/mol. The van der Waals surface area contributed by atoms with E-state index in [1.807, 2.05) is 0 Å². The molecular formula is C42H94O22. The van der Waals surface area contributed by atoms with Gasteiger partial charge in [-0.05, 0) is 6.42 Å². The third kappa shape index (κ3) is 60.7. The van der Waals surface area contributed by atoms with E-state index in [2.05, 4.69) is 6.92 Å². The lowest BCUT2D eigenvalue weighted by molar-refractivity contribution is -0.137. The summed E-state index contributed by atoms with van der Waals surface area (Å²) in [5.41, 5.74) is 0. The highest BCUT2D eigenvalue weighted by molar-refractivity contribution is 5.66. The molecule has 22 nitrogen and oxygen atoms in total. The van der Waals surface area contributed by atoms with Gasteiger partial charge in [-0.15, -0.1) is 0 Å². The molecule has 0 aromatic rings. The van der Waals surface area contributed by atoms with E-state index in [0.717, 1.165) is 12.8 Å². The highest BCUT2D eigenvalue weighted by Crippen LogP contribution is 2.15. The van der Waals surface area contributed by atoms with Crippen molar-refractivity contribution in [2.45, 2.75) is 196 Å². The zero-order chi connectivity index (χ0) is 50.6. The summed E-state index contributed by atoms with van der Waals surface area (Å²) in [7, 11) is 0. The van der Waals surface area contributed by atoms with E-state index in [4.69, 9.17) is 107 Å². The molecule has 0 aromatic heterocycles. The number of carbonyl (C=O) groups is 1. The van der Waals surface area contributed by atoms with E-state index < -0.39 is 133 Å². The average molecular weight is 951 g/mol. The Hall–Kier alpha value is -1.33. The molecule has 21 N–H and O–H groups in total. The minimum absolute atomic E-state index is 0.346. The number of aliphatic hydroxyl groups is 20. The van der Waals surface area contributed by atoms with Crippen LogP contribution in [0.4, 0.5) is 0 Å². The minimum atomic E-state index is -1.22. The van der Waals surface area contributed by atoms with Crippen molar-refractivity contribution in [3.63, 3.8) is 0 Å². The molecule has 0 aliphatic rings. The molecule has 0 aromatic carbocycles. The van der Waals surface area contributed by atoms with Crippen molar-refractivity contribution in [1.29, 1.82) is 0 Å². The molecule has 0 aliphatic carbocycles. The van der Waals surface area contributed by atoms with Gasteiger partial charge in [-0.1, -0.05) is 122 Å². The molecule has 10 atom stereocenters. The number of aliphatic carboxylic acids is 1. The maximum Gasteiger partial charge on any atom is 0.303 e. The van der Waals surface area contributed by atoms with Crippen LogP contribution in [0.25, 0.3) is 0 Å². The normalized spacial score (nSPS) is 15.4. The largest absolute Gasteiger partial charge is 0.481 e. The predicted octanol–water partition coefficient (Wildman–Crippen LogP) is -3.64. The summed E-state index contributed by atoms with van der Waals surface area (Å²) in [4.78, 5) is 10.4. The number of hydrogen-bond acceptors (Lipinski definition) is 21. The molecule has 64 heavy (non-hydrogen) atoms. The molecule has 0 saturated heterocycles. The zero-order valence-corrected chi connectivity index (χ0v) is 38.3. The first-order chi connectivity index (χ1) is 30.4. The maximum atomic E-state index is 10.4. The summed E-state index contributed by atoms with van der Waals surface area (Å²) < 4.78 is 0. The van der Waals surface area contributed by atoms with Gasteiger partial charge >= 0.3 is 5.97 Å². The fourth-order valence-corrected chi connectivity index (χ4v) is 4.57. The molecule has 22 heteroatoms. The molecular weight excluding hydrogens is 856 g/mol. The summed E-state index contributed by atoms with van der Waals surface area (Å²) in [6.07, 6.45) is 13.9. The molecule has 0 saturated carbocycles. The number of carboxylic acids is 1. The standard InChI is InChI=1S/C22H44O2.5C4H10O4/c1-2-3-4-5-6-7-8-9-10-11-12-13-14-15-16-17-18-19-20-21-22(23)24;5*5-1-3(7)4(8)2-6/h2-21H2,1H3,(H,23,24);5*3-8H,1-2H2/t;5*3-,4+. The van der Waals surface area contributed by atoms with Crippen LogP contribution in [0, 0.1) is 0 Å². The van der Waals surface area contributed by atoms with E-state index in [-0.39, 0.29) is 0 Å². The molecule has 394 valence electrons. The molecule has 0 spiro atoms. The van der Waals surface area contributed by atoms with Crippen molar-refractivity contribution in [3.05, 3.63) is 0 Å². The summed E-state index contributed by atoms with van der Waals surface area (Å²) in [6.45, 7) is -2.98. The lowest BCUT2D eigenvalue weighted by atomic mass is 10.0. The van der Waals surface area contributed by atoms with Crippen LogP contribution in [0.15, 0.2) is 0 Å². The predicted molar refractivity (Wildman–Crippen MR) is 237 cm³/mol. The second kappa shape index (κ2) is 59.7. The second-order valence-electron chi connectivity index (χ2n) is 15.0. The van der Waals surface area contributed by atoms with E-state index in [9.17, 15) is 4.79 Å². The van der Waals surface area contributed by atoms with Crippen molar-refractivity contribution in [2.75, 3.05) is 66.1 Å². The van der Waals surface area contributed by atoms with Crippen LogP contribution < -0.4 is 0 Å². The van der Waals surface area contributed by atoms with Gasteiger partial charge in [0.25, 0.3) is 0 Å². The van der Waals surface area contributed by atoms with E-state index in [1.54, 1.807) is 0 Å². The van der Waals surface area contributed by atoms with Crippen molar-refractivity contribution in [3.8, 4) is 0 Å². The first-order valence-electron chi connectivity index (χ1n) is 22.5. The van der Waals surface area contributed by atoms with Gasteiger partial charge < -0.3 is 107 Å². The van der Waals surface area contributed by atoms with E-state index in [1.165, 1.54) is 109 Å². The Bertz CT molecular complexity index is 720. The minimum Gasteiger partial charge on any atom is -0.481 e. The fourth-order valence-electron chi connectivity index (χ4n) is 4.57. The first kappa shape index (κ1) is 74.2. The number of rotatable bonds is 35. The molecule has 0 aliphatic heterocycles. The fraction of sp³-hybridized carbons (Fsp3) is 0.976. The molecule has 0 fully saturated rings. The summed E-state index contributed by atoms with van der Waals surface area (Å²) >= 11 is 0. The van der Waals surface area contributed by atoms with Gasteiger partial charge in [0.05, 0.1) is 66.1 Å².